The van der Waals surface area contributed by atoms with Crippen molar-refractivity contribution in [3.63, 3.8) is 0 Å². The van der Waals surface area contributed by atoms with Gasteiger partial charge in [-0.05, 0) is 12.1 Å². The van der Waals surface area contributed by atoms with Crippen molar-refractivity contribution in [2.45, 2.75) is 0 Å². The first kappa shape index (κ1) is 7.79. The van der Waals surface area contributed by atoms with Gasteiger partial charge >= 0.3 is 0 Å². The first-order valence-electron chi connectivity index (χ1n) is 3.97. The summed E-state index contributed by atoms with van der Waals surface area (Å²) in [6.45, 7) is 0. The van der Waals surface area contributed by atoms with E-state index in [0.717, 1.165) is 11.5 Å². The topological polar surface area (TPSA) is 56.7 Å². The molecular formula is C9H10N4. The molecule has 2 aromatic heterocycles. The van der Waals surface area contributed by atoms with Gasteiger partial charge in [-0.15, -0.1) is 0 Å². The number of aryl methyl sites for hydroxylation is 1. The molecular weight excluding hydrogens is 164 g/mol. The summed E-state index contributed by atoms with van der Waals surface area (Å²) in [5.41, 5.74) is 6.39. The third-order valence-electron chi connectivity index (χ3n) is 1.79. The van der Waals surface area contributed by atoms with Crippen LogP contribution in [0.15, 0.2) is 30.6 Å². The lowest BCUT2D eigenvalue weighted by molar-refractivity contribution is 0.918. The highest BCUT2D eigenvalue weighted by Crippen LogP contribution is 2.15. The van der Waals surface area contributed by atoms with E-state index in [1.165, 1.54) is 0 Å². The van der Waals surface area contributed by atoms with Crippen molar-refractivity contribution in [2.24, 2.45) is 7.05 Å². The molecule has 0 aliphatic rings. The maximum atomic E-state index is 5.56. The summed E-state index contributed by atoms with van der Waals surface area (Å²) in [5.74, 6) is 1.31. The van der Waals surface area contributed by atoms with Gasteiger partial charge in [-0.25, -0.2) is 4.98 Å². The fourth-order valence-corrected chi connectivity index (χ4v) is 1.22. The number of rotatable bonds is 1. The molecule has 2 aromatic rings. The van der Waals surface area contributed by atoms with Gasteiger partial charge < -0.3 is 10.3 Å². The molecule has 2 N–H and O–H groups in total. The zero-order chi connectivity index (χ0) is 9.26. The van der Waals surface area contributed by atoms with E-state index in [1.807, 2.05) is 29.8 Å². The second kappa shape index (κ2) is 2.90. The minimum atomic E-state index is 0.517. The van der Waals surface area contributed by atoms with Crippen LogP contribution in [-0.2, 0) is 7.05 Å². The van der Waals surface area contributed by atoms with Crippen molar-refractivity contribution in [3.05, 3.63) is 30.6 Å². The summed E-state index contributed by atoms with van der Waals surface area (Å²) >= 11 is 0. The van der Waals surface area contributed by atoms with Gasteiger partial charge in [-0.1, -0.05) is 6.07 Å². The number of imidazole rings is 1. The molecule has 0 bridgehead atoms. The van der Waals surface area contributed by atoms with E-state index in [1.54, 1.807) is 12.4 Å². The molecule has 0 unspecified atom stereocenters. The minimum Gasteiger partial charge on any atom is -0.382 e. The Morgan fingerprint density at radius 1 is 1.38 bits per heavy atom. The number of nitrogen functional groups attached to an aromatic ring is 1. The predicted octanol–water partition coefficient (Wildman–Crippen LogP) is 1.06. The molecule has 2 rings (SSSR count). The molecule has 0 spiro atoms. The largest absolute Gasteiger partial charge is 0.382 e. The number of aromatic nitrogens is 3. The molecule has 0 fully saturated rings. The lowest BCUT2D eigenvalue weighted by atomic mass is 10.3. The molecule has 0 aliphatic carbocycles. The van der Waals surface area contributed by atoms with Crippen molar-refractivity contribution >= 4 is 5.82 Å². The van der Waals surface area contributed by atoms with Crippen LogP contribution in [0.4, 0.5) is 5.82 Å². The van der Waals surface area contributed by atoms with E-state index >= 15 is 0 Å². The van der Waals surface area contributed by atoms with Gasteiger partial charge in [-0.3, -0.25) is 4.98 Å². The molecule has 0 saturated carbocycles. The van der Waals surface area contributed by atoms with Crippen LogP contribution >= 0.6 is 0 Å². The Morgan fingerprint density at radius 2 is 2.23 bits per heavy atom. The lowest BCUT2D eigenvalue weighted by Crippen LogP contribution is -1.92. The highest BCUT2D eigenvalue weighted by molar-refractivity contribution is 5.52. The van der Waals surface area contributed by atoms with E-state index in [9.17, 15) is 0 Å². The first-order valence-corrected chi connectivity index (χ1v) is 3.97. The molecule has 0 saturated heterocycles. The van der Waals surface area contributed by atoms with Crippen LogP contribution in [0.5, 0.6) is 0 Å². The molecule has 4 nitrogen and oxygen atoms in total. The number of nitrogens with two attached hydrogens (primary N) is 1. The zero-order valence-electron chi connectivity index (χ0n) is 7.31. The van der Waals surface area contributed by atoms with Gasteiger partial charge in [0.2, 0.25) is 0 Å². The Balaban J connectivity index is 2.53. The first-order chi connectivity index (χ1) is 6.27. The van der Waals surface area contributed by atoms with Gasteiger partial charge in [0.1, 0.15) is 11.5 Å². The van der Waals surface area contributed by atoms with E-state index in [2.05, 4.69) is 9.97 Å². The third-order valence-corrected chi connectivity index (χ3v) is 1.79. The number of anilines is 1. The number of hydrogen-bond acceptors (Lipinski definition) is 3. The Morgan fingerprint density at radius 3 is 2.77 bits per heavy atom. The Hall–Kier alpha value is -1.84. The van der Waals surface area contributed by atoms with E-state index in [4.69, 9.17) is 5.73 Å². The van der Waals surface area contributed by atoms with Crippen molar-refractivity contribution in [1.82, 2.24) is 14.5 Å². The number of nitrogens with zero attached hydrogens (tertiary/aromatic N) is 3. The normalized spacial score (nSPS) is 10.2. The highest BCUT2D eigenvalue weighted by Gasteiger charge is 2.05. The molecule has 0 aromatic carbocycles. The van der Waals surface area contributed by atoms with Crippen molar-refractivity contribution in [2.75, 3.05) is 5.73 Å². The molecule has 0 amide bonds. The van der Waals surface area contributed by atoms with E-state index < -0.39 is 0 Å². The molecule has 0 aliphatic heterocycles. The monoisotopic (exact) mass is 174 g/mol. The maximum absolute atomic E-state index is 5.56. The standard InChI is InChI=1S/C9H10N4/c1-13-6-8(10)12-9(13)7-4-2-3-5-11-7/h2-6H,10H2,1H3. The zero-order valence-corrected chi connectivity index (χ0v) is 7.31. The summed E-state index contributed by atoms with van der Waals surface area (Å²) in [5, 5.41) is 0. The van der Waals surface area contributed by atoms with E-state index in [0.29, 0.717) is 5.82 Å². The lowest BCUT2D eigenvalue weighted by Gasteiger charge is -1.98. The maximum Gasteiger partial charge on any atom is 0.160 e. The van der Waals surface area contributed by atoms with Gasteiger partial charge in [-0.2, -0.15) is 0 Å². The van der Waals surface area contributed by atoms with Gasteiger partial charge in [0.05, 0.1) is 0 Å². The fraction of sp³-hybridized carbons (Fsp3) is 0.111. The quantitative estimate of drug-likeness (QED) is 0.703. The Labute approximate surface area is 76.1 Å². The van der Waals surface area contributed by atoms with Crippen molar-refractivity contribution in [3.8, 4) is 11.5 Å². The van der Waals surface area contributed by atoms with Crippen molar-refractivity contribution < 1.29 is 0 Å². The summed E-state index contributed by atoms with van der Waals surface area (Å²) in [6.07, 6.45) is 3.50. The second-order valence-electron chi connectivity index (χ2n) is 2.82. The molecule has 4 heteroatoms. The van der Waals surface area contributed by atoms with E-state index in [-0.39, 0.29) is 0 Å². The molecule has 2 heterocycles. The van der Waals surface area contributed by atoms with Gasteiger partial charge in [0, 0.05) is 19.4 Å². The van der Waals surface area contributed by atoms with Crippen LogP contribution in [0.25, 0.3) is 11.5 Å². The Bertz CT molecular complexity index is 405. The van der Waals surface area contributed by atoms with Crippen LogP contribution in [0.1, 0.15) is 0 Å². The van der Waals surface area contributed by atoms with Crippen LogP contribution in [-0.4, -0.2) is 14.5 Å². The molecule has 0 atom stereocenters. The van der Waals surface area contributed by atoms with Crippen molar-refractivity contribution in [1.29, 1.82) is 0 Å². The van der Waals surface area contributed by atoms with Gasteiger partial charge in [0.15, 0.2) is 5.82 Å². The van der Waals surface area contributed by atoms with Crippen LogP contribution in [0.3, 0.4) is 0 Å². The number of pyridine rings is 1. The summed E-state index contributed by atoms with van der Waals surface area (Å²) in [4.78, 5) is 8.34. The summed E-state index contributed by atoms with van der Waals surface area (Å²) in [7, 11) is 1.90. The molecule has 0 radical (unpaired) electrons. The van der Waals surface area contributed by atoms with Crippen LogP contribution in [0.2, 0.25) is 0 Å². The fourth-order valence-electron chi connectivity index (χ4n) is 1.22. The average Bonchev–Trinajstić information content (AvgIpc) is 2.47. The third kappa shape index (κ3) is 1.38. The smallest absolute Gasteiger partial charge is 0.160 e. The highest BCUT2D eigenvalue weighted by atomic mass is 15.1. The second-order valence-corrected chi connectivity index (χ2v) is 2.82. The van der Waals surface area contributed by atoms with Gasteiger partial charge in [0.25, 0.3) is 0 Å². The minimum absolute atomic E-state index is 0.517. The molecule has 66 valence electrons. The van der Waals surface area contributed by atoms with Crippen LogP contribution < -0.4 is 5.73 Å². The summed E-state index contributed by atoms with van der Waals surface area (Å²) in [6, 6.07) is 5.70. The summed E-state index contributed by atoms with van der Waals surface area (Å²) < 4.78 is 1.86. The predicted molar refractivity (Wildman–Crippen MR) is 50.9 cm³/mol. The SMILES string of the molecule is Cn1cc(N)nc1-c1ccccn1. The number of hydrogen-bond donors (Lipinski definition) is 1. The van der Waals surface area contributed by atoms with Crippen LogP contribution in [0, 0.1) is 0 Å². The average molecular weight is 174 g/mol. The molecule has 13 heavy (non-hydrogen) atoms. The Kier molecular flexibility index (Phi) is 1.73.